The molecular formula is C21H25N3O3. The van der Waals surface area contributed by atoms with E-state index in [1.165, 1.54) is 5.56 Å². The summed E-state index contributed by atoms with van der Waals surface area (Å²) in [7, 11) is 1.70. The quantitative estimate of drug-likeness (QED) is 0.829. The third kappa shape index (κ3) is 3.82. The lowest BCUT2D eigenvalue weighted by Crippen LogP contribution is -2.61. The Kier molecular flexibility index (Phi) is 5.36. The Morgan fingerprint density at radius 3 is 2.85 bits per heavy atom. The van der Waals surface area contributed by atoms with Gasteiger partial charge in [-0.15, -0.1) is 0 Å². The zero-order valence-electron chi connectivity index (χ0n) is 15.6. The molecule has 2 saturated heterocycles. The van der Waals surface area contributed by atoms with Crippen LogP contribution in [0.2, 0.25) is 0 Å². The van der Waals surface area contributed by atoms with Gasteiger partial charge in [0.2, 0.25) is 0 Å². The topological polar surface area (TPSA) is 54.9 Å². The molecule has 2 aromatic rings. The van der Waals surface area contributed by atoms with E-state index in [4.69, 9.17) is 9.47 Å². The Labute approximate surface area is 159 Å². The van der Waals surface area contributed by atoms with Crippen molar-refractivity contribution in [2.45, 2.75) is 25.1 Å². The lowest BCUT2D eigenvalue weighted by molar-refractivity contribution is -0.0914. The van der Waals surface area contributed by atoms with Crippen LogP contribution in [-0.4, -0.2) is 66.2 Å². The van der Waals surface area contributed by atoms with Crippen LogP contribution >= 0.6 is 0 Å². The van der Waals surface area contributed by atoms with Gasteiger partial charge in [-0.25, -0.2) is 0 Å². The first kappa shape index (κ1) is 17.9. The van der Waals surface area contributed by atoms with Crippen molar-refractivity contribution in [3.63, 3.8) is 0 Å². The maximum atomic E-state index is 13.0. The number of methoxy groups -OCH3 is 1. The summed E-state index contributed by atoms with van der Waals surface area (Å²) in [4.78, 5) is 21.4. The molecule has 0 aliphatic carbocycles. The predicted octanol–water partition coefficient (Wildman–Crippen LogP) is 2.21. The third-order valence-electron chi connectivity index (χ3n) is 5.44. The number of nitrogens with zero attached hydrogens (tertiary/aromatic N) is 3. The summed E-state index contributed by atoms with van der Waals surface area (Å²) in [5.74, 6) is 0.971. The number of ether oxygens (including phenoxy) is 2. The van der Waals surface area contributed by atoms with Crippen molar-refractivity contribution in [1.82, 2.24) is 14.8 Å². The largest absolute Gasteiger partial charge is 0.496 e. The minimum Gasteiger partial charge on any atom is -0.496 e. The molecular weight excluding hydrogens is 342 g/mol. The van der Waals surface area contributed by atoms with Crippen LogP contribution in [0.15, 0.2) is 48.8 Å². The van der Waals surface area contributed by atoms with E-state index in [0.717, 1.165) is 31.8 Å². The average Bonchev–Trinajstić information content (AvgIpc) is 2.74. The van der Waals surface area contributed by atoms with Gasteiger partial charge in [0, 0.05) is 49.7 Å². The molecule has 0 radical (unpaired) electrons. The first-order valence-electron chi connectivity index (χ1n) is 9.43. The second-order valence-corrected chi connectivity index (χ2v) is 7.05. The van der Waals surface area contributed by atoms with Crippen molar-refractivity contribution in [2.24, 2.45) is 0 Å². The van der Waals surface area contributed by atoms with Crippen molar-refractivity contribution in [3.8, 4) is 5.75 Å². The minimum absolute atomic E-state index is 0.0647. The number of aromatic nitrogens is 1. The van der Waals surface area contributed by atoms with Gasteiger partial charge in [0.1, 0.15) is 5.75 Å². The van der Waals surface area contributed by atoms with Gasteiger partial charge >= 0.3 is 0 Å². The smallest absolute Gasteiger partial charge is 0.254 e. The summed E-state index contributed by atoms with van der Waals surface area (Å²) in [5, 5.41) is 0. The number of amides is 1. The van der Waals surface area contributed by atoms with E-state index < -0.39 is 0 Å². The van der Waals surface area contributed by atoms with Crippen molar-refractivity contribution >= 4 is 5.91 Å². The molecule has 2 fully saturated rings. The Hall–Kier alpha value is -2.44. The number of likely N-dealkylation sites (tertiary alicyclic amines) is 1. The molecule has 0 saturated carbocycles. The summed E-state index contributed by atoms with van der Waals surface area (Å²) < 4.78 is 11.5. The molecule has 4 rings (SSSR count). The highest BCUT2D eigenvalue weighted by Crippen LogP contribution is 2.27. The van der Waals surface area contributed by atoms with Crippen LogP contribution in [0.25, 0.3) is 0 Å². The number of rotatable bonds is 4. The fourth-order valence-electron chi connectivity index (χ4n) is 4.07. The standard InChI is InChI=1S/C21H25N3O3/c1-26-19-5-3-2-4-17(19)14-23-11-8-20-18(15-23)24(12-13-27-20)21(25)16-6-9-22-10-7-16/h2-7,9-10,18,20H,8,11-15H2,1H3/t18-,20-/m1/s1. The Balaban J connectivity index is 1.50. The third-order valence-corrected chi connectivity index (χ3v) is 5.44. The van der Waals surface area contributed by atoms with Crippen molar-refractivity contribution in [3.05, 3.63) is 59.9 Å². The first-order chi connectivity index (χ1) is 13.3. The molecule has 0 unspecified atom stereocenters. The molecule has 6 heteroatoms. The summed E-state index contributed by atoms with van der Waals surface area (Å²) in [6.07, 6.45) is 4.37. The summed E-state index contributed by atoms with van der Waals surface area (Å²) in [6, 6.07) is 11.7. The van der Waals surface area contributed by atoms with E-state index in [1.807, 2.05) is 23.1 Å². The molecule has 2 aliphatic rings. The van der Waals surface area contributed by atoms with Crippen molar-refractivity contribution < 1.29 is 14.3 Å². The highest BCUT2D eigenvalue weighted by molar-refractivity contribution is 5.94. The highest BCUT2D eigenvalue weighted by Gasteiger charge is 2.39. The monoisotopic (exact) mass is 367 g/mol. The lowest BCUT2D eigenvalue weighted by atomic mass is 9.97. The molecule has 27 heavy (non-hydrogen) atoms. The first-order valence-corrected chi connectivity index (χ1v) is 9.43. The molecule has 0 bridgehead atoms. The van der Waals surface area contributed by atoms with E-state index >= 15 is 0 Å². The van der Waals surface area contributed by atoms with Gasteiger partial charge in [-0.1, -0.05) is 18.2 Å². The van der Waals surface area contributed by atoms with Crippen LogP contribution in [0, 0.1) is 0 Å². The van der Waals surface area contributed by atoms with Crippen LogP contribution < -0.4 is 4.74 Å². The number of benzene rings is 1. The Bertz CT molecular complexity index is 783. The predicted molar refractivity (Wildman–Crippen MR) is 102 cm³/mol. The second kappa shape index (κ2) is 8.06. The maximum absolute atomic E-state index is 13.0. The number of piperidine rings is 1. The average molecular weight is 367 g/mol. The number of pyridine rings is 1. The summed E-state index contributed by atoms with van der Waals surface area (Å²) in [6.45, 7) is 3.80. The molecule has 142 valence electrons. The van der Waals surface area contributed by atoms with E-state index in [1.54, 1.807) is 31.6 Å². The fourth-order valence-corrected chi connectivity index (χ4v) is 4.07. The molecule has 0 N–H and O–H groups in total. The van der Waals surface area contributed by atoms with Gasteiger partial charge < -0.3 is 14.4 Å². The van der Waals surface area contributed by atoms with Gasteiger partial charge in [-0.2, -0.15) is 0 Å². The van der Waals surface area contributed by atoms with Gasteiger partial charge in [0.15, 0.2) is 0 Å². The van der Waals surface area contributed by atoms with Gasteiger partial charge in [0.25, 0.3) is 5.91 Å². The highest BCUT2D eigenvalue weighted by atomic mass is 16.5. The number of fused-ring (bicyclic) bond motifs is 1. The number of hydrogen-bond acceptors (Lipinski definition) is 5. The fraction of sp³-hybridized carbons (Fsp3) is 0.429. The lowest BCUT2D eigenvalue weighted by Gasteiger charge is -2.47. The molecule has 1 aromatic carbocycles. The second-order valence-electron chi connectivity index (χ2n) is 7.05. The van der Waals surface area contributed by atoms with Crippen LogP contribution in [0.1, 0.15) is 22.3 Å². The number of carbonyl (C=O) groups excluding carboxylic acids is 1. The zero-order chi connectivity index (χ0) is 18.6. The SMILES string of the molecule is COc1ccccc1CN1CC[C@H]2OCCN(C(=O)c3ccncc3)[C@@H]2C1. The minimum atomic E-state index is 0.0647. The molecule has 3 heterocycles. The Morgan fingerprint density at radius 2 is 2.04 bits per heavy atom. The molecule has 2 aliphatic heterocycles. The molecule has 1 amide bonds. The van der Waals surface area contributed by atoms with Crippen LogP contribution in [0.3, 0.4) is 0 Å². The normalized spacial score (nSPS) is 22.9. The zero-order valence-corrected chi connectivity index (χ0v) is 15.6. The van der Waals surface area contributed by atoms with E-state index in [0.29, 0.717) is 18.7 Å². The van der Waals surface area contributed by atoms with E-state index in [-0.39, 0.29) is 18.1 Å². The molecule has 1 aromatic heterocycles. The molecule has 2 atom stereocenters. The van der Waals surface area contributed by atoms with Gasteiger partial charge in [0.05, 0.1) is 25.9 Å². The summed E-state index contributed by atoms with van der Waals surface area (Å²) in [5.41, 5.74) is 1.86. The number of para-hydroxylation sites is 1. The maximum Gasteiger partial charge on any atom is 0.254 e. The van der Waals surface area contributed by atoms with Gasteiger partial charge in [-0.3, -0.25) is 14.7 Å². The van der Waals surface area contributed by atoms with Crippen LogP contribution in [0.4, 0.5) is 0 Å². The number of morpholine rings is 1. The number of hydrogen-bond donors (Lipinski definition) is 0. The Morgan fingerprint density at radius 1 is 1.22 bits per heavy atom. The van der Waals surface area contributed by atoms with Crippen molar-refractivity contribution in [2.75, 3.05) is 33.4 Å². The summed E-state index contributed by atoms with van der Waals surface area (Å²) >= 11 is 0. The van der Waals surface area contributed by atoms with Crippen LogP contribution in [0.5, 0.6) is 5.75 Å². The number of carbonyl (C=O) groups is 1. The van der Waals surface area contributed by atoms with Gasteiger partial charge in [-0.05, 0) is 24.6 Å². The van der Waals surface area contributed by atoms with Crippen molar-refractivity contribution in [1.29, 1.82) is 0 Å². The van der Waals surface area contributed by atoms with Crippen LogP contribution in [-0.2, 0) is 11.3 Å². The molecule has 0 spiro atoms. The van der Waals surface area contributed by atoms with E-state index in [9.17, 15) is 4.79 Å². The molecule has 6 nitrogen and oxygen atoms in total. The van der Waals surface area contributed by atoms with E-state index in [2.05, 4.69) is 16.0 Å².